The molecule has 8 heteroatoms. The second kappa shape index (κ2) is 8.71. The monoisotopic (exact) mass is 462 g/mol. The molecule has 1 aliphatic heterocycles. The summed E-state index contributed by atoms with van der Waals surface area (Å²) in [6.45, 7) is 1.92. The highest BCUT2D eigenvalue weighted by Gasteiger charge is 2.36. The van der Waals surface area contributed by atoms with Crippen LogP contribution < -0.4 is 14.4 Å². The molecule has 0 bridgehead atoms. The fourth-order valence-electron chi connectivity index (χ4n) is 4.33. The van der Waals surface area contributed by atoms with E-state index >= 15 is 0 Å². The highest BCUT2D eigenvalue weighted by Crippen LogP contribution is 2.37. The Balaban J connectivity index is 1.55. The zero-order chi connectivity index (χ0) is 22.2. The maximum atomic E-state index is 13.1. The van der Waals surface area contributed by atoms with Crippen LogP contribution in [0.25, 0.3) is 0 Å². The number of amides is 1. The van der Waals surface area contributed by atoms with Crippen molar-refractivity contribution in [3.8, 4) is 5.75 Å². The predicted molar refractivity (Wildman–Crippen MR) is 122 cm³/mol. The molecule has 4 rings (SSSR count). The molecule has 2 aromatic rings. The molecular weight excluding hydrogens is 436 g/mol. The number of rotatable bonds is 5. The van der Waals surface area contributed by atoms with Crippen LogP contribution in [0, 0.1) is 0 Å². The molecule has 2 atom stereocenters. The molecule has 0 aromatic heterocycles. The van der Waals surface area contributed by atoms with Gasteiger partial charge in [0.15, 0.2) is 6.10 Å². The van der Waals surface area contributed by atoms with E-state index in [1.54, 1.807) is 12.1 Å². The number of hydrogen-bond donors (Lipinski definition) is 1. The van der Waals surface area contributed by atoms with Crippen LogP contribution in [0.5, 0.6) is 5.75 Å². The predicted octanol–water partition coefficient (Wildman–Crippen LogP) is 4.01. The van der Waals surface area contributed by atoms with Gasteiger partial charge in [0, 0.05) is 5.02 Å². The standard InChI is InChI=1S/C23H27ClN2O4S/c1-3-19(17-9-8-15-6-4-5-7-16(15)12-17)25-23(27)22-14-26(31(2,28)29)20-13-18(24)10-11-21(20)30-22/h8-13,19,22H,3-7,14H2,1-2H3,(H,25,27)/t19-,22+/m0/s1. The van der Waals surface area contributed by atoms with Crippen molar-refractivity contribution in [2.24, 2.45) is 0 Å². The molecule has 1 aliphatic carbocycles. The zero-order valence-electron chi connectivity index (χ0n) is 17.7. The van der Waals surface area contributed by atoms with Crippen molar-refractivity contribution >= 4 is 33.2 Å². The van der Waals surface area contributed by atoms with E-state index in [9.17, 15) is 13.2 Å². The number of hydrogen-bond acceptors (Lipinski definition) is 4. The molecule has 0 saturated carbocycles. The summed E-state index contributed by atoms with van der Waals surface area (Å²) < 4.78 is 31.8. The molecule has 6 nitrogen and oxygen atoms in total. The number of nitrogens with zero attached hydrogens (tertiary/aromatic N) is 1. The summed E-state index contributed by atoms with van der Waals surface area (Å²) in [5.74, 6) is -0.0122. The van der Waals surface area contributed by atoms with Crippen LogP contribution in [0.15, 0.2) is 36.4 Å². The summed E-state index contributed by atoms with van der Waals surface area (Å²) >= 11 is 6.04. The van der Waals surface area contributed by atoms with Crippen LogP contribution in [-0.4, -0.2) is 33.2 Å². The van der Waals surface area contributed by atoms with Gasteiger partial charge in [-0.2, -0.15) is 0 Å². The lowest BCUT2D eigenvalue weighted by atomic mass is 9.88. The van der Waals surface area contributed by atoms with Crippen molar-refractivity contribution in [1.29, 1.82) is 0 Å². The van der Waals surface area contributed by atoms with Crippen LogP contribution in [0.1, 0.15) is 48.9 Å². The lowest BCUT2D eigenvalue weighted by molar-refractivity contribution is -0.128. The van der Waals surface area contributed by atoms with Crippen LogP contribution >= 0.6 is 11.6 Å². The lowest BCUT2D eigenvalue weighted by Crippen LogP contribution is -2.51. The SMILES string of the molecule is CC[C@H](NC(=O)[C@H]1CN(S(C)(=O)=O)c2cc(Cl)ccc2O1)c1ccc2c(c1)CCCC2. The van der Waals surface area contributed by atoms with Crippen molar-refractivity contribution in [1.82, 2.24) is 5.32 Å². The third-order valence-electron chi connectivity index (χ3n) is 5.98. The average molecular weight is 463 g/mol. The van der Waals surface area contributed by atoms with E-state index in [1.165, 1.54) is 34.3 Å². The lowest BCUT2D eigenvalue weighted by Gasteiger charge is -2.34. The number of benzene rings is 2. The Bertz CT molecular complexity index is 1100. The number of halogens is 1. The number of carbonyl (C=O) groups excluding carboxylic acids is 1. The molecular formula is C23H27ClN2O4S. The largest absolute Gasteiger partial charge is 0.476 e. The number of nitrogens with one attached hydrogen (secondary N) is 1. The van der Waals surface area contributed by atoms with Gasteiger partial charge in [-0.25, -0.2) is 8.42 Å². The van der Waals surface area contributed by atoms with Gasteiger partial charge in [0.05, 0.1) is 24.5 Å². The number of aryl methyl sites for hydroxylation is 2. The van der Waals surface area contributed by atoms with E-state index in [0.717, 1.165) is 31.1 Å². The highest BCUT2D eigenvalue weighted by molar-refractivity contribution is 7.92. The molecule has 0 saturated heterocycles. The maximum Gasteiger partial charge on any atom is 0.263 e. The fourth-order valence-corrected chi connectivity index (χ4v) is 5.40. The van der Waals surface area contributed by atoms with E-state index < -0.39 is 16.1 Å². The minimum Gasteiger partial charge on any atom is -0.476 e. The first-order valence-corrected chi connectivity index (χ1v) is 12.8. The van der Waals surface area contributed by atoms with Crippen molar-refractivity contribution in [2.75, 3.05) is 17.1 Å². The molecule has 1 heterocycles. The molecule has 1 amide bonds. The summed E-state index contributed by atoms with van der Waals surface area (Å²) in [5.41, 5.74) is 4.17. The normalized spacial score (nSPS) is 19.1. The van der Waals surface area contributed by atoms with Crippen molar-refractivity contribution in [3.05, 3.63) is 58.1 Å². The first-order chi connectivity index (χ1) is 14.8. The smallest absolute Gasteiger partial charge is 0.263 e. The molecule has 0 unspecified atom stereocenters. The topological polar surface area (TPSA) is 75.7 Å². The first-order valence-electron chi connectivity index (χ1n) is 10.6. The molecule has 2 aliphatic rings. The molecule has 0 fully saturated rings. The van der Waals surface area contributed by atoms with Crippen molar-refractivity contribution < 1.29 is 17.9 Å². The Kier molecular flexibility index (Phi) is 6.17. The zero-order valence-corrected chi connectivity index (χ0v) is 19.3. The van der Waals surface area contributed by atoms with Crippen LogP contribution in [0.3, 0.4) is 0 Å². The second-order valence-corrected chi connectivity index (χ2v) is 10.6. The van der Waals surface area contributed by atoms with Gasteiger partial charge in [0.2, 0.25) is 10.0 Å². The summed E-state index contributed by atoms with van der Waals surface area (Å²) in [7, 11) is -3.60. The van der Waals surface area contributed by atoms with Crippen molar-refractivity contribution in [2.45, 2.75) is 51.2 Å². The number of sulfonamides is 1. The van der Waals surface area contributed by atoms with Crippen LogP contribution in [-0.2, 0) is 27.7 Å². The minimum atomic E-state index is -3.60. The van der Waals surface area contributed by atoms with Gasteiger partial charge < -0.3 is 10.1 Å². The van der Waals surface area contributed by atoms with Gasteiger partial charge in [-0.3, -0.25) is 9.10 Å². The maximum absolute atomic E-state index is 13.1. The Morgan fingerprint density at radius 1 is 1.19 bits per heavy atom. The fraction of sp³-hybridized carbons (Fsp3) is 0.435. The van der Waals surface area contributed by atoms with Gasteiger partial charge in [-0.05, 0) is 67.0 Å². The summed E-state index contributed by atoms with van der Waals surface area (Å²) in [4.78, 5) is 13.1. The van der Waals surface area contributed by atoms with E-state index in [4.69, 9.17) is 16.3 Å². The molecule has 0 radical (unpaired) electrons. The van der Waals surface area contributed by atoms with Crippen molar-refractivity contribution in [3.63, 3.8) is 0 Å². The number of ether oxygens (including phenoxy) is 1. The minimum absolute atomic E-state index is 0.0986. The third kappa shape index (κ3) is 4.67. The summed E-state index contributed by atoms with van der Waals surface area (Å²) in [6.07, 6.45) is 5.49. The summed E-state index contributed by atoms with van der Waals surface area (Å²) in [6, 6.07) is 11.0. The molecule has 31 heavy (non-hydrogen) atoms. The average Bonchev–Trinajstić information content (AvgIpc) is 2.75. The number of fused-ring (bicyclic) bond motifs is 2. The van der Waals surface area contributed by atoms with Gasteiger partial charge in [0.25, 0.3) is 5.91 Å². The molecule has 166 valence electrons. The Hall–Kier alpha value is -2.25. The number of anilines is 1. The Morgan fingerprint density at radius 2 is 1.94 bits per heavy atom. The molecule has 0 spiro atoms. The quantitative estimate of drug-likeness (QED) is 0.728. The molecule has 2 aromatic carbocycles. The second-order valence-electron chi connectivity index (χ2n) is 8.22. The van der Waals surface area contributed by atoms with Gasteiger partial charge >= 0.3 is 0 Å². The first kappa shape index (κ1) is 22.0. The van der Waals surface area contributed by atoms with Gasteiger partial charge in [-0.1, -0.05) is 36.7 Å². The van der Waals surface area contributed by atoms with Crippen LogP contribution in [0.4, 0.5) is 5.69 Å². The highest BCUT2D eigenvalue weighted by atomic mass is 35.5. The van der Waals surface area contributed by atoms with E-state index in [1.807, 2.05) is 6.92 Å². The van der Waals surface area contributed by atoms with Gasteiger partial charge in [-0.15, -0.1) is 0 Å². The van der Waals surface area contributed by atoms with E-state index in [2.05, 4.69) is 23.5 Å². The van der Waals surface area contributed by atoms with E-state index in [-0.39, 0.29) is 18.5 Å². The molecule has 1 N–H and O–H groups in total. The Morgan fingerprint density at radius 3 is 2.65 bits per heavy atom. The Labute approximate surface area is 188 Å². The third-order valence-corrected chi connectivity index (χ3v) is 7.36. The number of carbonyl (C=O) groups is 1. The van der Waals surface area contributed by atoms with E-state index in [0.29, 0.717) is 16.5 Å². The van der Waals surface area contributed by atoms with Crippen LogP contribution in [0.2, 0.25) is 5.02 Å². The van der Waals surface area contributed by atoms with Gasteiger partial charge in [0.1, 0.15) is 5.75 Å². The summed E-state index contributed by atoms with van der Waals surface area (Å²) in [5, 5.41) is 3.46.